The van der Waals surface area contributed by atoms with Crippen LogP contribution in [0.1, 0.15) is 22.3 Å². The summed E-state index contributed by atoms with van der Waals surface area (Å²) in [5.41, 5.74) is 27.6. The van der Waals surface area contributed by atoms with E-state index in [4.69, 9.17) is 0 Å². The molecule has 2 aromatic heterocycles. The number of hydrogen-bond acceptors (Lipinski definition) is 2. The van der Waals surface area contributed by atoms with Crippen molar-refractivity contribution < 1.29 is 0 Å². The van der Waals surface area contributed by atoms with Gasteiger partial charge in [-0.15, -0.1) is 0 Å². The van der Waals surface area contributed by atoms with Gasteiger partial charge in [0, 0.05) is 56.3 Å². The highest BCUT2D eigenvalue weighted by molar-refractivity contribution is 6.21. The van der Waals surface area contributed by atoms with E-state index in [1.54, 1.807) is 0 Å². The highest BCUT2D eigenvalue weighted by Gasteiger charge is 2.26. The summed E-state index contributed by atoms with van der Waals surface area (Å²) in [6.07, 6.45) is 0. The van der Waals surface area contributed by atoms with Crippen molar-refractivity contribution in [1.29, 1.82) is 0 Å². The zero-order valence-electron chi connectivity index (χ0n) is 46.5. The van der Waals surface area contributed by atoms with E-state index in [0.717, 1.165) is 89.5 Å². The first-order valence-corrected chi connectivity index (χ1v) is 28.3. The Morgan fingerprint density at radius 3 is 0.878 bits per heavy atom. The number of aromatic nitrogens is 2. The highest BCUT2D eigenvalue weighted by Crippen LogP contribution is 2.47. The number of benzene rings is 12. The summed E-state index contributed by atoms with van der Waals surface area (Å²) >= 11 is 0. The zero-order chi connectivity index (χ0) is 55.3. The molecule has 0 saturated carbocycles. The second-order valence-corrected chi connectivity index (χ2v) is 21.8. The van der Waals surface area contributed by atoms with Crippen LogP contribution >= 0.6 is 0 Å². The predicted octanol–water partition coefficient (Wildman–Crippen LogP) is 21.6. The molecular formula is C78H60N4. The van der Waals surface area contributed by atoms with Crippen LogP contribution in [0.15, 0.2) is 291 Å². The molecule has 0 N–H and O–H groups in total. The quantitative estimate of drug-likeness (QED) is 0.121. The van der Waals surface area contributed by atoms with E-state index in [9.17, 15) is 0 Å². The van der Waals surface area contributed by atoms with Gasteiger partial charge in [-0.25, -0.2) is 0 Å². The Morgan fingerprint density at radius 1 is 0.220 bits per heavy atom. The van der Waals surface area contributed by atoms with E-state index < -0.39 is 0 Å². The molecule has 0 aliphatic carbocycles. The molecule has 82 heavy (non-hydrogen) atoms. The average molecular weight is 1050 g/mol. The number of rotatable bonds is 12. The van der Waals surface area contributed by atoms with Crippen LogP contribution < -0.4 is 9.80 Å². The molecule has 0 aliphatic rings. The Balaban J connectivity index is 0.974. The molecule has 0 amide bonds. The maximum Gasteiger partial charge on any atom is 0.0803 e. The molecule has 0 spiro atoms. The predicted molar refractivity (Wildman–Crippen MR) is 348 cm³/mol. The van der Waals surface area contributed by atoms with Gasteiger partial charge in [-0.05, 0) is 216 Å². The third kappa shape index (κ3) is 9.30. The SMILES string of the molecule is Cc1cc(C)cc(N(c2cccc(-c3cccc(-c4ccccc4)c3)c2)c2ccc3c(c2)n(-c2ccccc2)c2c4ccc(N(c5cc(C)cc(C)c5)c5cccc(-c6cccc(-c7ccccc7)c6)c5)cc4n(-c4ccccc4)c32)c1. The summed E-state index contributed by atoms with van der Waals surface area (Å²) in [4.78, 5) is 4.87. The van der Waals surface area contributed by atoms with Gasteiger partial charge in [-0.1, -0.05) is 170 Å². The van der Waals surface area contributed by atoms with Crippen molar-refractivity contribution in [2.24, 2.45) is 0 Å². The van der Waals surface area contributed by atoms with Crippen molar-refractivity contribution in [3.05, 3.63) is 313 Å². The van der Waals surface area contributed by atoms with Gasteiger partial charge in [0.25, 0.3) is 0 Å². The van der Waals surface area contributed by atoms with E-state index in [2.05, 4.69) is 338 Å². The second-order valence-electron chi connectivity index (χ2n) is 21.8. The normalized spacial score (nSPS) is 11.4. The largest absolute Gasteiger partial charge is 0.310 e. The van der Waals surface area contributed by atoms with Gasteiger partial charge in [0.2, 0.25) is 0 Å². The Bertz CT molecular complexity index is 4330. The number of hydrogen-bond donors (Lipinski definition) is 0. The van der Waals surface area contributed by atoms with Crippen molar-refractivity contribution in [2.75, 3.05) is 9.80 Å². The molecule has 0 unspecified atom stereocenters. The fraction of sp³-hybridized carbons (Fsp3) is 0.0513. The van der Waals surface area contributed by atoms with Crippen molar-refractivity contribution in [1.82, 2.24) is 9.13 Å². The number of fused-ring (bicyclic) bond motifs is 5. The first-order chi connectivity index (χ1) is 40.3. The topological polar surface area (TPSA) is 16.3 Å². The molecule has 0 atom stereocenters. The van der Waals surface area contributed by atoms with Gasteiger partial charge in [-0.2, -0.15) is 0 Å². The van der Waals surface area contributed by atoms with E-state index in [1.165, 1.54) is 55.6 Å². The lowest BCUT2D eigenvalue weighted by molar-refractivity contribution is 1.17. The second kappa shape index (κ2) is 21.0. The Kier molecular flexibility index (Phi) is 12.8. The third-order valence-corrected chi connectivity index (χ3v) is 15.9. The molecule has 14 aromatic rings. The first-order valence-electron chi connectivity index (χ1n) is 28.3. The van der Waals surface area contributed by atoms with E-state index in [1.807, 2.05) is 0 Å². The standard InChI is InChI=1S/C78H60N4/c1-53-41-54(2)44-71(43-53)79(67-35-19-29-63(49-67)61-27-17-25-59(47-61)57-21-9-5-10-22-57)69-37-39-73-75(51-69)81(65-31-13-7-14-32-65)78-74-40-38-70(52-76(74)82(77(73)78)66-33-15-8-16-34-66)80(72-45-55(3)42-56(4)46-72)68-36-20-30-64(50-68)62-28-18-26-60(48-62)58-23-11-6-12-24-58/h5-52H,1-4H3. The minimum atomic E-state index is 1.07. The van der Waals surface area contributed by atoms with Crippen LogP contribution in [0.5, 0.6) is 0 Å². The molecule has 0 bridgehead atoms. The molecule has 4 heteroatoms. The van der Waals surface area contributed by atoms with Crippen molar-refractivity contribution in [3.8, 4) is 55.9 Å². The van der Waals surface area contributed by atoms with Gasteiger partial charge in [0.15, 0.2) is 0 Å². The summed E-state index contributed by atoms with van der Waals surface area (Å²) in [6, 6.07) is 107. The molecular weight excluding hydrogens is 993 g/mol. The fourth-order valence-corrected chi connectivity index (χ4v) is 12.4. The van der Waals surface area contributed by atoms with Crippen molar-refractivity contribution in [2.45, 2.75) is 27.7 Å². The average Bonchev–Trinajstić information content (AvgIpc) is 3.66. The summed E-state index contributed by atoms with van der Waals surface area (Å²) in [5, 5.41) is 2.32. The molecule has 0 aliphatic heterocycles. The molecule has 14 rings (SSSR count). The smallest absolute Gasteiger partial charge is 0.0803 e. The summed E-state index contributed by atoms with van der Waals surface area (Å²) in [6.45, 7) is 8.78. The lowest BCUT2D eigenvalue weighted by Crippen LogP contribution is -2.11. The molecule has 12 aromatic carbocycles. The van der Waals surface area contributed by atoms with Gasteiger partial charge in [-0.3, -0.25) is 0 Å². The van der Waals surface area contributed by atoms with Gasteiger partial charge in [0.05, 0.1) is 22.1 Å². The van der Waals surface area contributed by atoms with Crippen LogP contribution in [-0.4, -0.2) is 9.13 Å². The molecule has 0 radical (unpaired) electrons. The summed E-state index contributed by atoms with van der Waals surface area (Å²) < 4.78 is 4.99. The van der Waals surface area contributed by atoms with Crippen LogP contribution in [0.3, 0.4) is 0 Å². The summed E-state index contributed by atoms with van der Waals surface area (Å²) in [7, 11) is 0. The molecule has 4 nitrogen and oxygen atoms in total. The van der Waals surface area contributed by atoms with Crippen LogP contribution in [-0.2, 0) is 0 Å². The number of anilines is 6. The van der Waals surface area contributed by atoms with Crippen LogP contribution in [0.4, 0.5) is 34.1 Å². The maximum absolute atomic E-state index is 2.50. The zero-order valence-corrected chi connectivity index (χ0v) is 46.5. The number of aryl methyl sites for hydroxylation is 4. The molecule has 0 fully saturated rings. The van der Waals surface area contributed by atoms with Crippen LogP contribution in [0, 0.1) is 27.7 Å². The van der Waals surface area contributed by atoms with E-state index in [-0.39, 0.29) is 0 Å². The minimum absolute atomic E-state index is 1.07. The Hall–Kier alpha value is -10.4. The van der Waals surface area contributed by atoms with Gasteiger partial charge < -0.3 is 18.9 Å². The minimum Gasteiger partial charge on any atom is -0.310 e. The molecule has 2 heterocycles. The Morgan fingerprint density at radius 2 is 0.512 bits per heavy atom. The summed E-state index contributed by atoms with van der Waals surface area (Å²) in [5.74, 6) is 0. The third-order valence-electron chi connectivity index (χ3n) is 15.9. The monoisotopic (exact) mass is 1050 g/mol. The lowest BCUT2D eigenvalue weighted by atomic mass is 9.98. The van der Waals surface area contributed by atoms with Gasteiger partial charge >= 0.3 is 0 Å². The van der Waals surface area contributed by atoms with Crippen LogP contribution in [0.2, 0.25) is 0 Å². The van der Waals surface area contributed by atoms with E-state index in [0.29, 0.717) is 0 Å². The van der Waals surface area contributed by atoms with Crippen molar-refractivity contribution >= 4 is 67.0 Å². The van der Waals surface area contributed by atoms with Crippen LogP contribution in [0.25, 0.3) is 88.7 Å². The molecule has 0 saturated heterocycles. The Labute approximate surface area is 480 Å². The molecule has 392 valence electrons. The van der Waals surface area contributed by atoms with Crippen molar-refractivity contribution in [3.63, 3.8) is 0 Å². The van der Waals surface area contributed by atoms with Gasteiger partial charge in [0.1, 0.15) is 0 Å². The lowest BCUT2D eigenvalue weighted by Gasteiger charge is -2.27. The first kappa shape index (κ1) is 49.8. The highest BCUT2D eigenvalue weighted by atomic mass is 15.2. The maximum atomic E-state index is 2.50. The number of para-hydroxylation sites is 2. The fourth-order valence-electron chi connectivity index (χ4n) is 12.4. The van der Waals surface area contributed by atoms with E-state index >= 15 is 0 Å². The number of nitrogens with zero attached hydrogens (tertiary/aromatic N) is 4.